The standard InChI is InChI=1S/C21H23N3O3/c1-12-8-6-7-9-19(12)24-13(2)10-17(15(24)4)20(25)22-23-21(26)18-11-14(3)27-16(18)5/h6-11H,1-5H3,(H,22,25)(H,23,26). The molecule has 0 spiro atoms. The maximum absolute atomic E-state index is 12.6. The fourth-order valence-corrected chi connectivity index (χ4v) is 3.28. The summed E-state index contributed by atoms with van der Waals surface area (Å²) < 4.78 is 7.39. The molecule has 0 unspecified atom stereocenters. The van der Waals surface area contributed by atoms with E-state index in [-0.39, 0.29) is 5.91 Å². The van der Waals surface area contributed by atoms with Gasteiger partial charge in [-0.15, -0.1) is 0 Å². The highest BCUT2D eigenvalue weighted by Gasteiger charge is 2.19. The van der Waals surface area contributed by atoms with Crippen molar-refractivity contribution in [3.05, 3.63) is 76.0 Å². The lowest BCUT2D eigenvalue weighted by Gasteiger charge is -2.13. The third-order valence-electron chi connectivity index (χ3n) is 4.61. The van der Waals surface area contributed by atoms with Crippen molar-refractivity contribution in [1.82, 2.24) is 15.4 Å². The molecule has 0 aliphatic heterocycles. The second-order valence-corrected chi connectivity index (χ2v) is 6.64. The summed E-state index contributed by atoms with van der Waals surface area (Å²) in [4.78, 5) is 24.9. The molecule has 6 nitrogen and oxygen atoms in total. The van der Waals surface area contributed by atoms with Crippen molar-refractivity contribution in [2.75, 3.05) is 0 Å². The van der Waals surface area contributed by atoms with Gasteiger partial charge in [0.2, 0.25) is 0 Å². The zero-order valence-electron chi connectivity index (χ0n) is 16.1. The Hall–Kier alpha value is -3.28. The van der Waals surface area contributed by atoms with E-state index in [1.807, 2.05) is 55.7 Å². The summed E-state index contributed by atoms with van der Waals surface area (Å²) in [7, 11) is 0. The van der Waals surface area contributed by atoms with Crippen LogP contribution in [-0.2, 0) is 0 Å². The number of hydrogen-bond acceptors (Lipinski definition) is 3. The van der Waals surface area contributed by atoms with Crippen LogP contribution in [0.25, 0.3) is 5.69 Å². The van der Waals surface area contributed by atoms with Gasteiger partial charge in [0.05, 0.1) is 11.1 Å². The molecule has 2 N–H and O–H groups in total. The fraction of sp³-hybridized carbons (Fsp3) is 0.238. The van der Waals surface area contributed by atoms with Crippen molar-refractivity contribution in [1.29, 1.82) is 0 Å². The van der Waals surface area contributed by atoms with Crippen molar-refractivity contribution in [3.8, 4) is 5.69 Å². The summed E-state index contributed by atoms with van der Waals surface area (Å²) >= 11 is 0. The van der Waals surface area contributed by atoms with Crippen molar-refractivity contribution in [3.63, 3.8) is 0 Å². The molecular weight excluding hydrogens is 342 g/mol. The average molecular weight is 365 g/mol. The number of hydrogen-bond donors (Lipinski definition) is 2. The number of aromatic nitrogens is 1. The van der Waals surface area contributed by atoms with E-state index in [2.05, 4.69) is 10.9 Å². The van der Waals surface area contributed by atoms with Crippen LogP contribution in [0.5, 0.6) is 0 Å². The predicted octanol–water partition coefficient (Wildman–Crippen LogP) is 3.69. The van der Waals surface area contributed by atoms with Gasteiger partial charge < -0.3 is 8.98 Å². The lowest BCUT2D eigenvalue weighted by atomic mass is 10.2. The SMILES string of the molecule is Cc1cc(C(=O)NNC(=O)c2cc(C)n(-c3ccccc3C)c2C)c(C)o1. The molecular formula is C21H23N3O3. The molecule has 3 rings (SSSR count). The van der Waals surface area contributed by atoms with Crippen LogP contribution in [0, 0.1) is 34.6 Å². The summed E-state index contributed by atoms with van der Waals surface area (Å²) in [5.74, 6) is 0.377. The molecule has 2 aromatic heterocycles. The first-order chi connectivity index (χ1) is 12.8. The van der Waals surface area contributed by atoms with E-state index in [1.54, 1.807) is 19.9 Å². The van der Waals surface area contributed by atoms with Crippen molar-refractivity contribution >= 4 is 11.8 Å². The summed E-state index contributed by atoms with van der Waals surface area (Å²) in [6.07, 6.45) is 0. The molecule has 2 amide bonds. The maximum Gasteiger partial charge on any atom is 0.273 e. The van der Waals surface area contributed by atoms with E-state index in [9.17, 15) is 9.59 Å². The number of nitrogens with one attached hydrogen (secondary N) is 2. The number of para-hydroxylation sites is 1. The largest absolute Gasteiger partial charge is 0.466 e. The lowest BCUT2D eigenvalue weighted by Crippen LogP contribution is -2.41. The first kappa shape index (κ1) is 18.5. The highest BCUT2D eigenvalue weighted by molar-refractivity contribution is 6.00. The van der Waals surface area contributed by atoms with Gasteiger partial charge in [0.15, 0.2) is 0 Å². The maximum atomic E-state index is 12.6. The highest BCUT2D eigenvalue weighted by atomic mass is 16.3. The zero-order chi connectivity index (χ0) is 19.7. The van der Waals surface area contributed by atoms with Gasteiger partial charge in [-0.05, 0) is 58.4 Å². The first-order valence-electron chi connectivity index (χ1n) is 8.72. The van der Waals surface area contributed by atoms with E-state index in [0.29, 0.717) is 22.6 Å². The van der Waals surface area contributed by atoms with Gasteiger partial charge in [0.1, 0.15) is 11.5 Å². The summed E-state index contributed by atoms with van der Waals surface area (Å²) in [5.41, 5.74) is 9.75. The van der Waals surface area contributed by atoms with Crippen molar-refractivity contribution < 1.29 is 14.0 Å². The van der Waals surface area contributed by atoms with Crippen molar-refractivity contribution in [2.24, 2.45) is 0 Å². The Morgan fingerprint density at radius 2 is 1.52 bits per heavy atom. The van der Waals surface area contributed by atoms with Crippen LogP contribution in [0.2, 0.25) is 0 Å². The van der Waals surface area contributed by atoms with Crippen LogP contribution in [0.15, 0.2) is 40.8 Å². The molecule has 0 aliphatic rings. The Balaban J connectivity index is 1.80. The Labute approximate surface area is 158 Å². The van der Waals surface area contributed by atoms with E-state index >= 15 is 0 Å². The molecule has 0 saturated heterocycles. The molecule has 0 radical (unpaired) electrons. The summed E-state index contributed by atoms with van der Waals surface area (Å²) in [5, 5.41) is 0. The Morgan fingerprint density at radius 1 is 0.889 bits per heavy atom. The van der Waals surface area contributed by atoms with Gasteiger partial charge in [-0.2, -0.15) is 0 Å². The smallest absolute Gasteiger partial charge is 0.273 e. The quantitative estimate of drug-likeness (QED) is 0.695. The van der Waals surface area contributed by atoms with Gasteiger partial charge in [-0.3, -0.25) is 20.4 Å². The molecule has 6 heteroatoms. The fourth-order valence-electron chi connectivity index (χ4n) is 3.28. The number of amides is 2. The number of rotatable bonds is 3. The van der Waals surface area contributed by atoms with Gasteiger partial charge in [-0.1, -0.05) is 18.2 Å². The number of nitrogens with zero attached hydrogens (tertiary/aromatic N) is 1. The Kier molecular flexibility index (Phi) is 4.90. The van der Waals surface area contributed by atoms with Gasteiger partial charge in [-0.25, -0.2) is 0 Å². The third-order valence-corrected chi connectivity index (χ3v) is 4.61. The van der Waals surface area contributed by atoms with Crippen LogP contribution in [0.3, 0.4) is 0 Å². The predicted molar refractivity (Wildman–Crippen MR) is 103 cm³/mol. The van der Waals surface area contributed by atoms with Crippen LogP contribution < -0.4 is 10.9 Å². The summed E-state index contributed by atoms with van der Waals surface area (Å²) in [6.45, 7) is 9.35. The number of furan rings is 1. The topological polar surface area (TPSA) is 76.3 Å². The molecule has 27 heavy (non-hydrogen) atoms. The minimum absolute atomic E-state index is 0.367. The molecule has 0 saturated carbocycles. The van der Waals surface area contributed by atoms with E-state index in [0.717, 1.165) is 22.6 Å². The van der Waals surface area contributed by atoms with Crippen LogP contribution in [-0.4, -0.2) is 16.4 Å². The molecule has 140 valence electrons. The Morgan fingerprint density at radius 3 is 2.11 bits per heavy atom. The minimum atomic E-state index is -0.412. The molecule has 3 aromatic rings. The summed E-state index contributed by atoms with van der Waals surface area (Å²) in [6, 6.07) is 11.5. The molecule has 0 atom stereocenters. The van der Waals surface area contributed by atoms with Gasteiger partial charge >= 0.3 is 0 Å². The number of hydrazine groups is 1. The second-order valence-electron chi connectivity index (χ2n) is 6.64. The monoisotopic (exact) mass is 365 g/mol. The molecule has 0 fully saturated rings. The first-order valence-corrected chi connectivity index (χ1v) is 8.72. The third kappa shape index (κ3) is 3.51. The normalized spacial score (nSPS) is 10.7. The molecule has 1 aromatic carbocycles. The molecule has 0 aliphatic carbocycles. The number of carbonyl (C=O) groups excluding carboxylic acids is 2. The lowest BCUT2D eigenvalue weighted by molar-refractivity contribution is 0.0845. The van der Waals surface area contributed by atoms with Crippen LogP contribution >= 0.6 is 0 Å². The zero-order valence-corrected chi connectivity index (χ0v) is 16.1. The van der Waals surface area contributed by atoms with Crippen LogP contribution in [0.1, 0.15) is 49.2 Å². The van der Waals surface area contributed by atoms with E-state index < -0.39 is 5.91 Å². The van der Waals surface area contributed by atoms with Gasteiger partial charge in [0.25, 0.3) is 11.8 Å². The number of carbonyl (C=O) groups is 2. The van der Waals surface area contributed by atoms with Crippen LogP contribution in [0.4, 0.5) is 0 Å². The van der Waals surface area contributed by atoms with E-state index in [4.69, 9.17) is 4.42 Å². The molecule has 2 heterocycles. The number of aryl methyl sites for hydroxylation is 4. The highest BCUT2D eigenvalue weighted by Crippen LogP contribution is 2.23. The van der Waals surface area contributed by atoms with Gasteiger partial charge in [0, 0.05) is 17.1 Å². The van der Waals surface area contributed by atoms with E-state index in [1.165, 1.54) is 0 Å². The average Bonchev–Trinajstić information content (AvgIpc) is 3.11. The number of benzene rings is 1. The minimum Gasteiger partial charge on any atom is -0.466 e. The second kappa shape index (κ2) is 7.15. The Bertz CT molecular complexity index is 1030. The van der Waals surface area contributed by atoms with Crippen molar-refractivity contribution in [2.45, 2.75) is 34.6 Å². The molecule has 0 bridgehead atoms.